The van der Waals surface area contributed by atoms with Crippen LogP contribution in [0.2, 0.25) is 0 Å². The van der Waals surface area contributed by atoms with Gasteiger partial charge in [-0.3, -0.25) is 14.6 Å². The van der Waals surface area contributed by atoms with Crippen molar-refractivity contribution in [1.29, 1.82) is 0 Å². The molecule has 1 aliphatic heterocycles. The van der Waals surface area contributed by atoms with Gasteiger partial charge in [-0.2, -0.15) is 4.98 Å². The Hall–Kier alpha value is -1.80. The number of carbonyl (C=O) groups excluding carboxylic acids is 1. The van der Waals surface area contributed by atoms with Crippen LogP contribution in [-0.2, 0) is 4.79 Å². The van der Waals surface area contributed by atoms with Crippen LogP contribution in [0.25, 0.3) is 0 Å². The second kappa shape index (κ2) is 6.76. The maximum atomic E-state index is 12.5. The minimum atomic E-state index is 0.0272. The van der Waals surface area contributed by atoms with Gasteiger partial charge in [0.05, 0.1) is 12.6 Å². The zero-order chi connectivity index (χ0) is 16.4. The first-order chi connectivity index (χ1) is 11.1. The molecule has 1 saturated heterocycles. The normalized spacial score (nSPS) is 18.7. The van der Waals surface area contributed by atoms with E-state index < -0.39 is 0 Å². The summed E-state index contributed by atoms with van der Waals surface area (Å²) in [4.78, 5) is 24.9. The Morgan fingerprint density at radius 3 is 3.04 bits per heavy atom. The topological polar surface area (TPSA) is 75.4 Å². The standard InChI is InChI=1S/C15H21N5O2S/c1-10(2)14-17-13(18-22-14)11-5-4-7-20(11)9-12(21)19(3)15-16-6-8-23-15/h6,8,10-11H,4-5,7,9H2,1-3H3. The van der Waals surface area contributed by atoms with E-state index in [0.29, 0.717) is 23.4 Å². The molecule has 3 rings (SSSR count). The van der Waals surface area contributed by atoms with Crippen molar-refractivity contribution in [3.8, 4) is 0 Å². The summed E-state index contributed by atoms with van der Waals surface area (Å²) in [6.45, 7) is 5.26. The monoisotopic (exact) mass is 335 g/mol. The molecule has 1 unspecified atom stereocenters. The number of thiazole rings is 1. The fourth-order valence-electron chi connectivity index (χ4n) is 2.69. The highest BCUT2D eigenvalue weighted by atomic mass is 32.1. The molecular weight excluding hydrogens is 314 g/mol. The Labute approximate surface area is 139 Å². The maximum Gasteiger partial charge on any atom is 0.242 e. The summed E-state index contributed by atoms with van der Waals surface area (Å²) in [6, 6.07) is 0.0555. The second-order valence-electron chi connectivity index (χ2n) is 6.04. The maximum absolute atomic E-state index is 12.5. The second-order valence-corrected chi connectivity index (χ2v) is 6.91. The van der Waals surface area contributed by atoms with E-state index in [1.54, 1.807) is 18.1 Å². The van der Waals surface area contributed by atoms with Gasteiger partial charge in [-0.25, -0.2) is 4.98 Å². The van der Waals surface area contributed by atoms with Crippen LogP contribution in [0.4, 0.5) is 5.13 Å². The molecule has 3 heterocycles. The molecule has 1 amide bonds. The van der Waals surface area contributed by atoms with Gasteiger partial charge in [0.1, 0.15) is 0 Å². The van der Waals surface area contributed by atoms with Crippen molar-refractivity contribution in [2.24, 2.45) is 0 Å². The van der Waals surface area contributed by atoms with Gasteiger partial charge in [0.2, 0.25) is 11.8 Å². The van der Waals surface area contributed by atoms with Crippen LogP contribution >= 0.6 is 11.3 Å². The average molecular weight is 335 g/mol. The van der Waals surface area contributed by atoms with Crippen molar-refractivity contribution in [3.05, 3.63) is 23.3 Å². The van der Waals surface area contributed by atoms with Gasteiger partial charge in [0.25, 0.3) is 0 Å². The number of likely N-dealkylation sites (tertiary alicyclic amines) is 1. The molecule has 1 fully saturated rings. The molecule has 0 aromatic carbocycles. The summed E-state index contributed by atoms with van der Waals surface area (Å²) in [5.41, 5.74) is 0. The van der Waals surface area contributed by atoms with E-state index >= 15 is 0 Å². The predicted octanol–water partition coefficient (Wildman–Crippen LogP) is 2.45. The first-order valence-corrected chi connectivity index (χ1v) is 8.68. The van der Waals surface area contributed by atoms with Gasteiger partial charge in [0, 0.05) is 24.5 Å². The molecule has 0 bridgehead atoms. The highest BCUT2D eigenvalue weighted by molar-refractivity contribution is 7.13. The molecule has 2 aromatic rings. The van der Waals surface area contributed by atoms with Crippen molar-refractivity contribution in [1.82, 2.24) is 20.0 Å². The molecule has 23 heavy (non-hydrogen) atoms. The molecule has 0 saturated carbocycles. The fourth-order valence-corrected chi connectivity index (χ4v) is 3.32. The van der Waals surface area contributed by atoms with Crippen LogP contribution in [-0.4, -0.2) is 46.1 Å². The van der Waals surface area contributed by atoms with Crippen molar-refractivity contribution >= 4 is 22.4 Å². The minimum absolute atomic E-state index is 0.0272. The van der Waals surface area contributed by atoms with Crippen LogP contribution in [0, 0.1) is 0 Å². The van der Waals surface area contributed by atoms with Gasteiger partial charge in [-0.15, -0.1) is 11.3 Å². The van der Waals surface area contributed by atoms with E-state index in [1.165, 1.54) is 11.3 Å². The molecular formula is C15H21N5O2S. The number of rotatable bonds is 5. The first kappa shape index (κ1) is 16.1. The molecule has 7 nitrogen and oxygen atoms in total. The van der Waals surface area contributed by atoms with Crippen LogP contribution in [0.3, 0.4) is 0 Å². The van der Waals surface area contributed by atoms with Crippen molar-refractivity contribution in [2.45, 2.75) is 38.6 Å². The molecule has 0 radical (unpaired) electrons. The minimum Gasteiger partial charge on any atom is -0.339 e. The number of anilines is 1. The summed E-state index contributed by atoms with van der Waals surface area (Å²) < 4.78 is 5.31. The van der Waals surface area contributed by atoms with E-state index in [9.17, 15) is 4.79 Å². The summed E-state index contributed by atoms with van der Waals surface area (Å²) in [6.07, 6.45) is 3.69. The van der Waals surface area contributed by atoms with E-state index in [1.807, 2.05) is 19.2 Å². The van der Waals surface area contributed by atoms with Crippen LogP contribution < -0.4 is 4.90 Å². The smallest absolute Gasteiger partial charge is 0.242 e. The fraction of sp³-hybridized carbons (Fsp3) is 0.600. The van der Waals surface area contributed by atoms with Gasteiger partial charge in [-0.05, 0) is 19.4 Å². The molecule has 0 aliphatic carbocycles. The number of carbonyl (C=O) groups is 1. The Balaban J connectivity index is 1.68. The number of amides is 1. The van der Waals surface area contributed by atoms with Gasteiger partial charge in [0.15, 0.2) is 11.0 Å². The Bertz CT molecular complexity index is 655. The third kappa shape index (κ3) is 3.42. The lowest BCUT2D eigenvalue weighted by atomic mass is 10.2. The first-order valence-electron chi connectivity index (χ1n) is 7.80. The highest BCUT2D eigenvalue weighted by Crippen LogP contribution is 2.31. The lowest BCUT2D eigenvalue weighted by molar-refractivity contribution is -0.119. The molecule has 2 aromatic heterocycles. The average Bonchev–Trinajstić information content (AvgIpc) is 3.26. The number of likely N-dealkylation sites (N-methyl/N-ethyl adjacent to an activating group) is 1. The zero-order valence-electron chi connectivity index (χ0n) is 13.6. The van der Waals surface area contributed by atoms with E-state index in [4.69, 9.17) is 4.52 Å². The Kier molecular flexibility index (Phi) is 4.72. The number of aromatic nitrogens is 3. The highest BCUT2D eigenvalue weighted by Gasteiger charge is 2.32. The summed E-state index contributed by atoms with van der Waals surface area (Å²) in [5.74, 6) is 1.58. The van der Waals surface area contributed by atoms with Gasteiger partial charge >= 0.3 is 0 Å². The molecule has 124 valence electrons. The van der Waals surface area contributed by atoms with Gasteiger partial charge < -0.3 is 4.52 Å². The van der Waals surface area contributed by atoms with E-state index in [-0.39, 0.29) is 17.9 Å². The Morgan fingerprint density at radius 2 is 2.39 bits per heavy atom. The van der Waals surface area contributed by atoms with Crippen LogP contribution in [0.15, 0.2) is 16.1 Å². The largest absolute Gasteiger partial charge is 0.339 e. The number of nitrogens with zero attached hydrogens (tertiary/aromatic N) is 5. The molecule has 0 N–H and O–H groups in total. The van der Waals surface area contributed by atoms with Crippen LogP contribution in [0.5, 0.6) is 0 Å². The lowest BCUT2D eigenvalue weighted by Crippen LogP contribution is -2.38. The van der Waals surface area contributed by atoms with Gasteiger partial charge in [-0.1, -0.05) is 19.0 Å². The lowest BCUT2D eigenvalue weighted by Gasteiger charge is -2.23. The summed E-state index contributed by atoms with van der Waals surface area (Å²) in [5, 5.41) is 6.69. The Morgan fingerprint density at radius 1 is 1.57 bits per heavy atom. The van der Waals surface area contributed by atoms with Crippen molar-refractivity contribution in [3.63, 3.8) is 0 Å². The van der Waals surface area contributed by atoms with E-state index in [2.05, 4.69) is 20.0 Å². The number of hydrogen-bond donors (Lipinski definition) is 0. The third-order valence-corrected chi connectivity index (χ3v) is 4.88. The zero-order valence-corrected chi connectivity index (χ0v) is 14.4. The summed E-state index contributed by atoms with van der Waals surface area (Å²) >= 11 is 1.46. The van der Waals surface area contributed by atoms with Crippen molar-refractivity contribution < 1.29 is 9.32 Å². The third-order valence-electron chi connectivity index (χ3n) is 4.03. The molecule has 1 atom stereocenters. The number of hydrogen-bond acceptors (Lipinski definition) is 7. The summed E-state index contributed by atoms with van der Waals surface area (Å²) in [7, 11) is 1.76. The SMILES string of the molecule is CC(C)c1nc(C2CCCN2CC(=O)N(C)c2nccs2)no1. The van der Waals surface area contributed by atoms with E-state index in [0.717, 1.165) is 19.4 Å². The van der Waals surface area contributed by atoms with Crippen LogP contribution in [0.1, 0.15) is 50.4 Å². The quantitative estimate of drug-likeness (QED) is 0.835. The predicted molar refractivity (Wildman–Crippen MR) is 87.5 cm³/mol. The molecule has 1 aliphatic rings. The van der Waals surface area contributed by atoms with Crippen molar-refractivity contribution in [2.75, 3.05) is 25.0 Å². The molecule has 8 heteroatoms. The molecule has 0 spiro atoms.